The molecule has 2 heterocycles. The molecule has 124 valence electrons. The van der Waals surface area contributed by atoms with E-state index in [4.69, 9.17) is 10.5 Å². The van der Waals surface area contributed by atoms with Crippen LogP contribution in [0.2, 0.25) is 0 Å². The number of para-hydroxylation sites is 1. The summed E-state index contributed by atoms with van der Waals surface area (Å²) in [6.07, 6.45) is -0.0775. The third kappa shape index (κ3) is 3.04. The molecule has 4 N–H and O–H groups in total. The van der Waals surface area contributed by atoms with Crippen LogP contribution in [0.15, 0.2) is 24.3 Å². The van der Waals surface area contributed by atoms with Crippen molar-refractivity contribution < 1.29 is 9.84 Å². The monoisotopic (exact) mass is 316 g/mol. The molecule has 1 aliphatic rings. The Morgan fingerprint density at radius 2 is 2.13 bits per heavy atom. The minimum Gasteiger partial charge on any atom is -0.389 e. The van der Waals surface area contributed by atoms with Crippen LogP contribution in [0.5, 0.6) is 0 Å². The molecule has 0 spiro atoms. The van der Waals surface area contributed by atoms with Crippen molar-refractivity contribution in [2.24, 2.45) is 0 Å². The number of aromatic nitrogens is 1. The summed E-state index contributed by atoms with van der Waals surface area (Å²) in [6, 6.07) is 7.91. The number of benzene rings is 1. The minimum atomic E-state index is -0.840. The number of pyridine rings is 1. The molecule has 0 radical (unpaired) electrons. The Hall–Kier alpha value is -2.05. The van der Waals surface area contributed by atoms with Crippen molar-refractivity contribution in [2.45, 2.75) is 32.5 Å². The third-order valence-electron chi connectivity index (χ3n) is 3.90. The predicted molar refractivity (Wildman–Crippen MR) is 93.7 cm³/mol. The fourth-order valence-corrected chi connectivity index (χ4v) is 3.02. The van der Waals surface area contributed by atoms with Crippen LogP contribution in [0.1, 0.15) is 20.8 Å². The molecule has 2 aromatic rings. The lowest BCUT2D eigenvalue weighted by Gasteiger charge is -2.32. The van der Waals surface area contributed by atoms with Crippen LogP contribution < -0.4 is 16.0 Å². The van der Waals surface area contributed by atoms with Gasteiger partial charge in [0.05, 0.1) is 23.4 Å². The zero-order valence-electron chi connectivity index (χ0n) is 13.8. The number of nitrogens with zero attached hydrogens (tertiary/aromatic N) is 2. The zero-order chi connectivity index (χ0) is 16.6. The Morgan fingerprint density at radius 3 is 2.83 bits per heavy atom. The summed E-state index contributed by atoms with van der Waals surface area (Å²) in [5, 5.41) is 14.8. The maximum Gasteiger partial charge on any atom is 0.149 e. The van der Waals surface area contributed by atoms with Crippen molar-refractivity contribution in [1.29, 1.82) is 0 Å². The lowest BCUT2D eigenvalue weighted by Crippen LogP contribution is -2.46. The number of hydrogen-bond acceptors (Lipinski definition) is 6. The van der Waals surface area contributed by atoms with E-state index in [9.17, 15) is 5.11 Å². The number of anilines is 3. The summed E-state index contributed by atoms with van der Waals surface area (Å²) in [5.41, 5.74) is 7.96. The minimum absolute atomic E-state index is 0.0775. The van der Waals surface area contributed by atoms with Gasteiger partial charge in [0.15, 0.2) is 0 Å². The molecule has 23 heavy (non-hydrogen) atoms. The molecule has 0 fully saturated rings. The van der Waals surface area contributed by atoms with Gasteiger partial charge < -0.3 is 25.8 Å². The summed E-state index contributed by atoms with van der Waals surface area (Å²) >= 11 is 0. The normalized spacial score (nSPS) is 17.4. The van der Waals surface area contributed by atoms with E-state index in [1.54, 1.807) is 13.8 Å². The van der Waals surface area contributed by atoms with Gasteiger partial charge in [-0.3, -0.25) is 0 Å². The fourth-order valence-electron chi connectivity index (χ4n) is 3.02. The molecule has 6 heteroatoms. The number of nitrogen functional groups attached to an aromatic ring is 1. The molecule has 0 saturated heterocycles. The molecule has 1 aromatic carbocycles. The highest BCUT2D eigenvalue weighted by Gasteiger charge is 2.35. The highest BCUT2D eigenvalue weighted by molar-refractivity contribution is 6.04. The van der Waals surface area contributed by atoms with Crippen LogP contribution in [0, 0.1) is 0 Å². The second-order valence-corrected chi connectivity index (χ2v) is 6.50. The number of hydrogen-bond donors (Lipinski definition) is 3. The molecular weight excluding hydrogens is 292 g/mol. The molecular formula is C17H24N4O2. The first kappa shape index (κ1) is 15.8. The van der Waals surface area contributed by atoms with Crippen molar-refractivity contribution in [3.63, 3.8) is 0 Å². The number of ether oxygens (including phenoxy) is 1. The molecule has 6 nitrogen and oxygen atoms in total. The van der Waals surface area contributed by atoms with Gasteiger partial charge in [-0.25, -0.2) is 4.98 Å². The highest BCUT2D eigenvalue weighted by atomic mass is 16.5. The van der Waals surface area contributed by atoms with Gasteiger partial charge >= 0.3 is 0 Å². The first-order valence-corrected chi connectivity index (χ1v) is 7.92. The Bertz CT molecular complexity index is 712. The Morgan fingerprint density at radius 1 is 1.39 bits per heavy atom. The topological polar surface area (TPSA) is 83.6 Å². The first-order chi connectivity index (χ1) is 10.9. The van der Waals surface area contributed by atoms with Crippen LogP contribution >= 0.6 is 0 Å². The Labute approximate surface area is 136 Å². The average molecular weight is 316 g/mol. The number of rotatable bonds is 5. The van der Waals surface area contributed by atoms with Gasteiger partial charge in [-0.2, -0.15) is 0 Å². The Kier molecular flexibility index (Phi) is 4.04. The standard InChI is InChI=1S/C17H24N4O2/c1-4-23-9-13-20-14-15(21(13)10-17(2,3)22)11-7-5-6-8-12(11)19-16(14)18/h5-8,13,20,22H,4,9-10H2,1-3H3,(H2,18,19). The quantitative estimate of drug-likeness (QED) is 0.784. The molecule has 0 bridgehead atoms. The van der Waals surface area contributed by atoms with Crippen LogP contribution in [0.4, 0.5) is 17.2 Å². The van der Waals surface area contributed by atoms with Crippen molar-refractivity contribution in [3.8, 4) is 0 Å². The van der Waals surface area contributed by atoms with E-state index in [0.717, 1.165) is 22.3 Å². The molecule has 0 aliphatic carbocycles. The van der Waals surface area contributed by atoms with Crippen LogP contribution in [0.25, 0.3) is 10.9 Å². The summed E-state index contributed by atoms with van der Waals surface area (Å²) < 4.78 is 5.60. The van der Waals surface area contributed by atoms with E-state index >= 15 is 0 Å². The van der Waals surface area contributed by atoms with E-state index < -0.39 is 5.60 Å². The molecule has 1 unspecified atom stereocenters. The second-order valence-electron chi connectivity index (χ2n) is 6.50. The average Bonchev–Trinajstić information content (AvgIpc) is 2.83. The van der Waals surface area contributed by atoms with Crippen molar-refractivity contribution >= 4 is 28.1 Å². The summed E-state index contributed by atoms with van der Waals surface area (Å²) in [5.74, 6) is 0.471. The van der Waals surface area contributed by atoms with Gasteiger partial charge in [0, 0.05) is 18.5 Å². The lowest BCUT2D eigenvalue weighted by atomic mass is 10.1. The molecule has 3 rings (SSSR count). The first-order valence-electron chi connectivity index (χ1n) is 7.92. The summed E-state index contributed by atoms with van der Waals surface area (Å²) in [4.78, 5) is 6.61. The van der Waals surface area contributed by atoms with Crippen molar-refractivity contribution in [3.05, 3.63) is 24.3 Å². The molecule has 0 amide bonds. The number of nitrogens with two attached hydrogens (primary N) is 1. The van der Waals surface area contributed by atoms with E-state index in [2.05, 4.69) is 15.2 Å². The molecule has 1 atom stereocenters. The van der Waals surface area contributed by atoms with Gasteiger partial charge in [0.1, 0.15) is 17.7 Å². The van der Waals surface area contributed by atoms with E-state index in [-0.39, 0.29) is 6.17 Å². The smallest absolute Gasteiger partial charge is 0.149 e. The van der Waals surface area contributed by atoms with Crippen molar-refractivity contribution in [1.82, 2.24) is 4.98 Å². The second kappa shape index (κ2) is 5.86. The molecule has 1 aromatic heterocycles. The third-order valence-corrected chi connectivity index (χ3v) is 3.90. The predicted octanol–water partition coefficient (Wildman–Crippen LogP) is 2.18. The highest BCUT2D eigenvalue weighted by Crippen LogP contribution is 2.43. The van der Waals surface area contributed by atoms with Crippen LogP contribution in [0.3, 0.4) is 0 Å². The Balaban J connectivity index is 2.11. The van der Waals surface area contributed by atoms with Crippen LogP contribution in [-0.4, -0.2) is 41.6 Å². The number of fused-ring (bicyclic) bond motifs is 3. The van der Waals surface area contributed by atoms with Gasteiger partial charge in [-0.15, -0.1) is 0 Å². The van der Waals surface area contributed by atoms with E-state index in [1.807, 2.05) is 31.2 Å². The summed E-state index contributed by atoms with van der Waals surface area (Å²) in [6.45, 7) is 7.19. The van der Waals surface area contributed by atoms with Crippen molar-refractivity contribution in [2.75, 3.05) is 35.7 Å². The number of aliphatic hydroxyl groups is 1. The van der Waals surface area contributed by atoms with Gasteiger partial charge in [-0.1, -0.05) is 18.2 Å². The molecule has 0 saturated carbocycles. The largest absolute Gasteiger partial charge is 0.389 e. The number of β-amino-alcohol motifs (C(OH)–C–C–N with tert-alkyl or cyclic N) is 1. The maximum atomic E-state index is 10.3. The zero-order valence-corrected chi connectivity index (χ0v) is 13.8. The van der Waals surface area contributed by atoms with Crippen LogP contribution in [-0.2, 0) is 4.74 Å². The molecule has 1 aliphatic heterocycles. The van der Waals surface area contributed by atoms with E-state index in [1.165, 1.54) is 0 Å². The van der Waals surface area contributed by atoms with Gasteiger partial charge in [0.25, 0.3) is 0 Å². The van der Waals surface area contributed by atoms with Gasteiger partial charge in [0.2, 0.25) is 0 Å². The number of nitrogens with one attached hydrogen (secondary N) is 1. The van der Waals surface area contributed by atoms with Gasteiger partial charge in [-0.05, 0) is 26.8 Å². The summed E-state index contributed by atoms with van der Waals surface area (Å²) in [7, 11) is 0. The lowest BCUT2D eigenvalue weighted by molar-refractivity contribution is 0.0804. The fraction of sp³-hybridized carbons (Fsp3) is 0.471. The maximum absolute atomic E-state index is 10.3. The SMILES string of the molecule is CCOCC1Nc2c(N)nc3ccccc3c2N1CC(C)(C)O. The van der Waals surface area contributed by atoms with E-state index in [0.29, 0.717) is 25.6 Å².